The Labute approximate surface area is 153 Å². The Hall–Kier alpha value is -2.75. The standard InChI is InChI=1S/C22H23NO3/c1-25-18-8-6-16(7-9-18)15-23-13-12-17-14-20(10-11-21(17)22(23)24)26-19-4-2-3-5-19/h6-14,19H,2-5,15H2,1H3. The van der Waals surface area contributed by atoms with Crippen LogP contribution in [0.25, 0.3) is 10.8 Å². The lowest BCUT2D eigenvalue weighted by Crippen LogP contribution is -2.20. The van der Waals surface area contributed by atoms with E-state index >= 15 is 0 Å². The lowest BCUT2D eigenvalue weighted by atomic mass is 10.1. The number of fused-ring (bicyclic) bond motifs is 1. The molecular weight excluding hydrogens is 326 g/mol. The van der Waals surface area contributed by atoms with Crippen LogP contribution in [-0.4, -0.2) is 17.8 Å². The molecule has 0 unspecified atom stereocenters. The molecule has 26 heavy (non-hydrogen) atoms. The van der Waals surface area contributed by atoms with Crippen molar-refractivity contribution >= 4 is 10.8 Å². The van der Waals surface area contributed by atoms with Crippen molar-refractivity contribution in [1.29, 1.82) is 0 Å². The quantitative estimate of drug-likeness (QED) is 0.686. The van der Waals surface area contributed by atoms with Gasteiger partial charge in [-0.1, -0.05) is 12.1 Å². The summed E-state index contributed by atoms with van der Waals surface area (Å²) in [4.78, 5) is 12.8. The van der Waals surface area contributed by atoms with Gasteiger partial charge in [-0.25, -0.2) is 0 Å². The molecule has 4 rings (SSSR count). The second kappa shape index (κ2) is 7.24. The summed E-state index contributed by atoms with van der Waals surface area (Å²) in [6.45, 7) is 0.541. The predicted octanol–water partition coefficient (Wildman–Crippen LogP) is 4.38. The molecule has 0 saturated heterocycles. The van der Waals surface area contributed by atoms with Crippen molar-refractivity contribution in [1.82, 2.24) is 4.57 Å². The molecule has 1 aliphatic carbocycles. The number of ether oxygens (including phenoxy) is 2. The van der Waals surface area contributed by atoms with E-state index in [-0.39, 0.29) is 5.56 Å². The van der Waals surface area contributed by atoms with Gasteiger partial charge in [-0.3, -0.25) is 4.79 Å². The molecule has 4 heteroatoms. The molecule has 0 radical (unpaired) electrons. The van der Waals surface area contributed by atoms with Gasteiger partial charge in [0.15, 0.2) is 0 Å². The van der Waals surface area contributed by atoms with Crippen LogP contribution in [0.3, 0.4) is 0 Å². The average Bonchev–Trinajstić information content (AvgIpc) is 3.18. The van der Waals surface area contributed by atoms with E-state index in [2.05, 4.69) is 0 Å². The van der Waals surface area contributed by atoms with E-state index in [1.165, 1.54) is 12.8 Å². The van der Waals surface area contributed by atoms with Crippen LogP contribution in [0.4, 0.5) is 0 Å². The predicted molar refractivity (Wildman–Crippen MR) is 103 cm³/mol. The fourth-order valence-electron chi connectivity index (χ4n) is 3.59. The summed E-state index contributed by atoms with van der Waals surface area (Å²) in [5.41, 5.74) is 1.08. The Morgan fingerprint density at radius 3 is 2.46 bits per heavy atom. The summed E-state index contributed by atoms with van der Waals surface area (Å²) in [7, 11) is 1.65. The summed E-state index contributed by atoms with van der Waals surface area (Å²) in [5, 5.41) is 1.65. The highest BCUT2D eigenvalue weighted by molar-refractivity contribution is 5.82. The van der Waals surface area contributed by atoms with Crippen LogP contribution in [0.15, 0.2) is 59.5 Å². The van der Waals surface area contributed by atoms with Crippen LogP contribution in [0.5, 0.6) is 11.5 Å². The molecular formula is C22H23NO3. The normalized spacial score (nSPS) is 14.7. The maximum Gasteiger partial charge on any atom is 0.258 e. The van der Waals surface area contributed by atoms with Gasteiger partial charge in [0.2, 0.25) is 0 Å². The Morgan fingerprint density at radius 1 is 1.00 bits per heavy atom. The van der Waals surface area contributed by atoms with Crippen LogP contribution in [0.2, 0.25) is 0 Å². The van der Waals surface area contributed by atoms with E-state index in [1.54, 1.807) is 11.7 Å². The van der Waals surface area contributed by atoms with Gasteiger partial charge in [-0.15, -0.1) is 0 Å². The van der Waals surface area contributed by atoms with Gasteiger partial charge < -0.3 is 14.0 Å². The smallest absolute Gasteiger partial charge is 0.258 e. The van der Waals surface area contributed by atoms with E-state index < -0.39 is 0 Å². The summed E-state index contributed by atoms with van der Waals surface area (Å²) in [6.07, 6.45) is 6.92. The number of methoxy groups -OCH3 is 1. The van der Waals surface area contributed by atoms with Crippen molar-refractivity contribution in [3.63, 3.8) is 0 Å². The van der Waals surface area contributed by atoms with E-state index in [0.29, 0.717) is 12.6 Å². The van der Waals surface area contributed by atoms with Crippen molar-refractivity contribution < 1.29 is 9.47 Å². The number of pyridine rings is 1. The molecule has 0 amide bonds. The number of hydrogen-bond acceptors (Lipinski definition) is 3. The second-order valence-electron chi connectivity index (χ2n) is 6.87. The van der Waals surface area contributed by atoms with Crippen LogP contribution < -0.4 is 15.0 Å². The van der Waals surface area contributed by atoms with Gasteiger partial charge in [0, 0.05) is 11.6 Å². The molecule has 0 atom stereocenters. The number of benzene rings is 2. The topological polar surface area (TPSA) is 40.5 Å². The third-order valence-electron chi connectivity index (χ3n) is 5.07. The zero-order valence-electron chi connectivity index (χ0n) is 15.0. The first-order chi connectivity index (χ1) is 12.7. The minimum atomic E-state index is 0.0192. The first-order valence-corrected chi connectivity index (χ1v) is 9.16. The molecule has 1 aliphatic rings. The molecule has 0 aliphatic heterocycles. The second-order valence-corrected chi connectivity index (χ2v) is 6.87. The molecule has 3 aromatic rings. The van der Waals surface area contributed by atoms with E-state index in [0.717, 1.165) is 40.7 Å². The molecule has 0 N–H and O–H groups in total. The van der Waals surface area contributed by atoms with Crippen LogP contribution in [0.1, 0.15) is 31.2 Å². The number of rotatable bonds is 5. The molecule has 1 aromatic heterocycles. The summed E-state index contributed by atoms with van der Waals surface area (Å²) in [6, 6.07) is 15.5. The van der Waals surface area contributed by atoms with Crippen molar-refractivity contribution in [2.24, 2.45) is 0 Å². The minimum Gasteiger partial charge on any atom is -0.497 e. The maximum atomic E-state index is 12.8. The van der Waals surface area contributed by atoms with E-state index in [1.807, 2.05) is 54.7 Å². The molecule has 1 saturated carbocycles. The molecule has 1 heterocycles. The van der Waals surface area contributed by atoms with Crippen LogP contribution in [-0.2, 0) is 6.54 Å². The Balaban J connectivity index is 1.58. The fourth-order valence-corrected chi connectivity index (χ4v) is 3.59. The van der Waals surface area contributed by atoms with E-state index in [4.69, 9.17) is 9.47 Å². The largest absolute Gasteiger partial charge is 0.497 e. The average molecular weight is 349 g/mol. The molecule has 4 nitrogen and oxygen atoms in total. The van der Waals surface area contributed by atoms with Crippen molar-refractivity contribution in [2.75, 3.05) is 7.11 Å². The summed E-state index contributed by atoms with van der Waals surface area (Å²) in [5.74, 6) is 1.67. The van der Waals surface area contributed by atoms with Crippen molar-refractivity contribution in [3.8, 4) is 11.5 Å². The molecule has 0 spiro atoms. The maximum absolute atomic E-state index is 12.8. The summed E-state index contributed by atoms with van der Waals surface area (Å²) >= 11 is 0. The molecule has 134 valence electrons. The lowest BCUT2D eigenvalue weighted by molar-refractivity contribution is 0.210. The molecule has 0 bridgehead atoms. The zero-order valence-corrected chi connectivity index (χ0v) is 15.0. The SMILES string of the molecule is COc1ccc(Cn2ccc3cc(OC4CCCC4)ccc3c2=O)cc1. The van der Waals surface area contributed by atoms with Crippen LogP contribution >= 0.6 is 0 Å². The molecule has 1 fully saturated rings. The van der Waals surface area contributed by atoms with Crippen molar-refractivity contribution in [3.05, 3.63) is 70.6 Å². The first-order valence-electron chi connectivity index (χ1n) is 9.16. The van der Waals surface area contributed by atoms with Crippen molar-refractivity contribution in [2.45, 2.75) is 38.3 Å². The fraction of sp³-hybridized carbons (Fsp3) is 0.318. The van der Waals surface area contributed by atoms with E-state index in [9.17, 15) is 4.79 Å². The molecule has 2 aromatic carbocycles. The highest BCUT2D eigenvalue weighted by atomic mass is 16.5. The lowest BCUT2D eigenvalue weighted by Gasteiger charge is -2.14. The number of hydrogen-bond donors (Lipinski definition) is 0. The third-order valence-corrected chi connectivity index (χ3v) is 5.07. The number of aromatic nitrogens is 1. The summed E-state index contributed by atoms with van der Waals surface area (Å²) < 4.78 is 13.0. The highest BCUT2D eigenvalue weighted by Crippen LogP contribution is 2.26. The van der Waals surface area contributed by atoms with Gasteiger partial charge in [-0.05, 0) is 73.0 Å². The van der Waals surface area contributed by atoms with Gasteiger partial charge >= 0.3 is 0 Å². The van der Waals surface area contributed by atoms with Crippen LogP contribution in [0, 0.1) is 0 Å². The monoisotopic (exact) mass is 349 g/mol. The Bertz CT molecular complexity index is 953. The Morgan fingerprint density at radius 2 is 1.73 bits per heavy atom. The highest BCUT2D eigenvalue weighted by Gasteiger charge is 2.16. The minimum absolute atomic E-state index is 0.0192. The van der Waals surface area contributed by atoms with Gasteiger partial charge in [0.25, 0.3) is 5.56 Å². The number of nitrogens with zero attached hydrogens (tertiary/aromatic N) is 1. The first kappa shape index (κ1) is 16.7. The zero-order chi connectivity index (χ0) is 17.9. The van der Waals surface area contributed by atoms with Gasteiger partial charge in [0.1, 0.15) is 11.5 Å². The Kier molecular flexibility index (Phi) is 4.65. The van der Waals surface area contributed by atoms with Gasteiger partial charge in [0.05, 0.1) is 19.8 Å². The van der Waals surface area contributed by atoms with Gasteiger partial charge in [-0.2, -0.15) is 0 Å². The third kappa shape index (κ3) is 3.45.